The molecule has 4 amide bonds. The van der Waals surface area contributed by atoms with E-state index in [1.807, 2.05) is 101 Å². The zero-order chi connectivity index (χ0) is 38.9. The van der Waals surface area contributed by atoms with Gasteiger partial charge in [-0.1, -0.05) is 80.5 Å². The minimum absolute atomic E-state index is 0.00799. The van der Waals surface area contributed by atoms with Crippen molar-refractivity contribution in [2.75, 3.05) is 0 Å². The molecule has 3 aromatic carbocycles. The minimum Gasteiger partial charge on any atom is -0.507 e. The Labute approximate surface area is 304 Å². The summed E-state index contributed by atoms with van der Waals surface area (Å²) in [5.74, 6) is -2.14. The van der Waals surface area contributed by atoms with Crippen LogP contribution in [0.4, 0.5) is 4.79 Å². The average Bonchev–Trinajstić information content (AvgIpc) is 2.99. The number of aryl methyl sites for hydroxylation is 3. The van der Waals surface area contributed by atoms with Crippen LogP contribution in [0, 0.1) is 47.5 Å². The summed E-state index contributed by atoms with van der Waals surface area (Å²) in [4.78, 5) is 45.6. The monoisotopic (exact) mass is 698 g/mol. The van der Waals surface area contributed by atoms with Gasteiger partial charge in [0.1, 0.15) is 23.2 Å². The molecule has 8 nitrogen and oxygen atoms in total. The molecule has 51 heavy (non-hydrogen) atoms. The van der Waals surface area contributed by atoms with Gasteiger partial charge in [0.05, 0.1) is 13.1 Å². The van der Waals surface area contributed by atoms with Crippen molar-refractivity contribution in [1.82, 2.24) is 9.80 Å². The van der Waals surface area contributed by atoms with E-state index in [0.29, 0.717) is 33.4 Å². The van der Waals surface area contributed by atoms with Crippen molar-refractivity contribution in [2.24, 2.45) is 5.92 Å². The van der Waals surface area contributed by atoms with Gasteiger partial charge in [0.2, 0.25) is 11.8 Å². The lowest BCUT2D eigenvalue weighted by molar-refractivity contribution is -0.150. The van der Waals surface area contributed by atoms with Crippen LogP contribution in [0.2, 0.25) is 0 Å². The first kappa shape index (κ1) is 39.5. The molecule has 0 radical (unpaired) electrons. The van der Waals surface area contributed by atoms with E-state index in [0.717, 1.165) is 43.2 Å². The summed E-state index contributed by atoms with van der Waals surface area (Å²) in [6.07, 6.45) is -0.00799. The summed E-state index contributed by atoms with van der Waals surface area (Å²) in [5, 5.41) is 33.8. The smallest absolute Gasteiger partial charge is 0.334 e. The lowest BCUT2D eigenvalue weighted by Crippen LogP contribution is -2.59. The number of barbiturate groups is 1. The van der Waals surface area contributed by atoms with Crippen molar-refractivity contribution in [2.45, 2.75) is 140 Å². The summed E-state index contributed by atoms with van der Waals surface area (Å²) in [6.45, 7) is 28.9. The van der Waals surface area contributed by atoms with Gasteiger partial charge in [-0.25, -0.2) is 4.79 Å². The highest BCUT2D eigenvalue weighted by Crippen LogP contribution is 2.41. The van der Waals surface area contributed by atoms with Crippen molar-refractivity contribution in [3.05, 3.63) is 85.0 Å². The van der Waals surface area contributed by atoms with E-state index >= 15 is 0 Å². The summed E-state index contributed by atoms with van der Waals surface area (Å²) in [5.41, 5.74) is 7.47. The molecular formula is C43H58N2O6. The number of nitrogens with zero attached hydrogens (tertiary/aromatic N) is 2. The Morgan fingerprint density at radius 1 is 0.510 bits per heavy atom. The third-order valence-electron chi connectivity index (χ3n) is 10.8. The molecule has 1 aliphatic heterocycles. The second kappa shape index (κ2) is 13.3. The molecule has 0 atom stereocenters. The van der Waals surface area contributed by atoms with Gasteiger partial charge in [-0.15, -0.1) is 0 Å². The molecule has 0 saturated carbocycles. The van der Waals surface area contributed by atoms with Crippen molar-refractivity contribution >= 4 is 17.8 Å². The van der Waals surface area contributed by atoms with Crippen LogP contribution in [0.3, 0.4) is 0 Å². The number of hydrogen-bond acceptors (Lipinski definition) is 6. The highest BCUT2D eigenvalue weighted by atomic mass is 16.3. The molecule has 0 spiro atoms. The molecule has 4 rings (SSSR count). The number of hydrogen-bond donors (Lipinski definition) is 3. The van der Waals surface area contributed by atoms with Gasteiger partial charge >= 0.3 is 6.03 Å². The van der Waals surface area contributed by atoms with Crippen LogP contribution in [-0.2, 0) is 45.3 Å². The van der Waals surface area contributed by atoms with Gasteiger partial charge < -0.3 is 15.3 Å². The van der Waals surface area contributed by atoms with E-state index in [2.05, 4.69) is 0 Å². The van der Waals surface area contributed by atoms with Gasteiger partial charge in [0, 0.05) is 0 Å². The fraction of sp³-hybridized carbons (Fsp3) is 0.512. The SMILES string of the molecule is Cc1cc(C(C)(C)C)c(O)c(C)c1CC1C(=O)N(Cc2c(C)cc(C(C)(C)C)c(O)c2C)C(=O)N(Cc2c(C)cc(C(C)(C)C)c(O)c2C)C1=O. The first-order valence-electron chi connectivity index (χ1n) is 17.8. The second-order valence-corrected chi connectivity index (χ2v) is 17.7. The molecule has 1 heterocycles. The van der Waals surface area contributed by atoms with Crippen LogP contribution in [0.25, 0.3) is 0 Å². The van der Waals surface area contributed by atoms with E-state index in [9.17, 15) is 29.7 Å². The number of urea groups is 1. The van der Waals surface area contributed by atoms with Crippen LogP contribution < -0.4 is 0 Å². The van der Waals surface area contributed by atoms with Crippen molar-refractivity contribution in [3.63, 3.8) is 0 Å². The predicted molar refractivity (Wildman–Crippen MR) is 203 cm³/mol. The van der Waals surface area contributed by atoms with Crippen LogP contribution in [0.5, 0.6) is 17.2 Å². The summed E-state index contributed by atoms with van der Waals surface area (Å²) < 4.78 is 0. The summed E-state index contributed by atoms with van der Waals surface area (Å²) in [7, 11) is 0. The van der Waals surface area contributed by atoms with Gasteiger partial charge in [-0.05, 0) is 131 Å². The largest absolute Gasteiger partial charge is 0.507 e. The number of imide groups is 2. The normalized spacial score (nSPS) is 15.0. The Bertz CT molecular complexity index is 1690. The molecule has 0 aromatic heterocycles. The van der Waals surface area contributed by atoms with E-state index < -0.39 is 23.8 Å². The zero-order valence-electron chi connectivity index (χ0n) is 33.4. The van der Waals surface area contributed by atoms with Crippen LogP contribution >= 0.6 is 0 Å². The third kappa shape index (κ3) is 7.24. The Balaban J connectivity index is 1.88. The second-order valence-electron chi connectivity index (χ2n) is 17.7. The quantitative estimate of drug-likeness (QED) is 0.221. The zero-order valence-corrected chi connectivity index (χ0v) is 33.4. The number of carbonyl (C=O) groups excluding carboxylic acids is 3. The first-order chi connectivity index (χ1) is 23.2. The van der Waals surface area contributed by atoms with E-state index in [1.165, 1.54) is 0 Å². The van der Waals surface area contributed by atoms with Gasteiger partial charge in [-0.2, -0.15) is 0 Å². The molecule has 3 aromatic rings. The predicted octanol–water partition coefficient (Wildman–Crippen LogP) is 8.90. The maximum absolute atomic E-state index is 14.5. The van der Waals surface area contributed by atoms with E-state index in [1.54, 1.807) is 20.8 Å². The van der Waals surface area contributed by atoms with Crippen molar-refractivity contribution < 1.29 is 29.7 Å². The number of aromatic hydroxyl groups is 3. The lowest BCUT2D eigenvalue weighted by atomic mass is 9.80. The fourth-order valence-electron chi connectivity index (χ4n) is 7.36. The fourth-order valence-corrected chi connectivity index (χ4v) is 7.36. The first-order valence-corrected chi connectivity index (χ1v) is 17.8. The molecule has 1 fully saturated rings. The molecule has 0 bridgehead atoms. The molecule has 276 valence electrons. The molecule has 0 aliphatic carbocycles. The highest BCUT2D eigenvalue weighted by Gasteiger charge is 2.47. The molecule has 8 heteroatoms. The average molecular weight is 699 g/mol. The molecule has 3 N–H and O–H groups in total. The molecule has 1 aliphatic rings. The Morgan fingerprint density at radius 3 is 1.08 bits per heavy atom. The van der Waals surface area contributed by atoms with E-state index in [4.69, 9.17) is 0 Å². The maximum Gasteiger partial charge on any atom is 0.334 e. The van der Waals surface area contributed by atoms with Crippen LogP contribution in [0.1, 0.15) is 129 Å². The number of phenolic OH excluding ortho intramolecular Hbond substituents is 3. The van der Waals surface area contributed by atoms with Crippen molar-refractivity contribution in [3.8, 4) is 17.2 Å². The molecule has 1 saturated heterocycles. The van der Waals surface area contributed by atoms with Crippen LogP contribution in [-0.4, -0.2) is 43.0 Å². The van der Waals surface area contributed by atoms with Crippen LogP contribution in [0.15, 0.2) is 18.2 Å². The third-order valence-corrected chi connectivity index (χ3v) is 10.8. The number of carbonyl (C=O) groups is 3. The van der Waals surface area contributed by atoms with Crippen molar-refractivity contribution in [1.29, 1.82) is 0 Å². The number of amides is 4. The minimum atomic E-state index is -1.24. The highest BCUT2D eigenvalue weighted by molar-refractivity contribution is 6.16. The van der Waals surface area contributed by atoms with E-state index in [-0.39, 0.29) is 53.0 Å². The maximum atomic E-state index is 14.5. The lowest BCUT2D eigenvalue weighted by Gasteiger charge is -2.38. The summed E-state index contributed by atoms with van der Waals surface area (Å²) >= 11 is 0. The Morgan fingerprint density at radius 2 is 0.784 bits per heavy atom. The Hall–Kier alpha value is -4.33. The topological polar surface area (TPSA) is 118 Å². The van der Waals surface area contributed by atoms with Gasteiger partial charge in [0.15, 0.2) is 0 Å². The molecular weight excluding hydrogens is 640 g/mol. The number of benzene rings is 3. The number of rotatable bonds is 6. The van der Waals surface area contributed by atoms with Gasteiger partial charge in [0.25, 0.3) is 0 Å². The standard InChI is InChI=1S/C43H58N2O6/c1-22-16-32(41(7,8)9)35(46)25(4)28(22)19-29-38(49)44(20-30-23(2)17-33(42(10,11)12)36(47)26(30)5)40(51)45(39(29)50)21-31-24(3)18-34(43(13,14)15)37(48)27(31)6/h16-18,29,46-48H,19-21H2,1-15H3. The van der Waals surface area contributed by atoms with Gasteiger partial charge in [-0.3, -0.25) is 19.4 Å². The molecule has 0 unspecified atom stereocenters. The Kier molecular flexibility index (Phi) is 10.3. The number of phenols is 3. The summed E-state index contributed by atoms with van der Waals surface area (Å²) in [6, 6.07) is 4.96.